The molecule has 1 aliphatic heterocycles. The Morgan fingerprint density at radius 1 is 1.24 bits per heavy atom. The Bertz CT molecular complexity index is 236. The van der Waals surface area contributed by atoms with Gasteiger partial charge in [0.1, 0.15) is 0 Å². The predicted octanol–water partition coefficient (Wildman–Crippen LogP) is 2.06. The van der Waals surface area contributed by atoms with Crippen molar-refractivity contribution in [2.75, 3.05) is 26.2 Å². The van der Waals surface area contributed by atoms with Crippen LogP contribution in [0, 0.1) is 11.8 Å². The monoisotopic (exact) mass is 260 g/mol. The van der Waals surface area contributed by atoms with Crippen molar-refractivity contribution in [3.63, 3.8) is 0 Å². The molecule has 100 valence electrons. The summed E-state index contributed by atoms with van der Waals surface area (Å²) in [5.74, 6) is 1.60. The maximum absolute atomic E-state index is 12.0. The van der Waals surface area contributed by atoms with Gasteiger partial charge in [-0.15, -0.1) is 12.4 Å². The number of carbonyl (C=O) groups is 1. The second kappa shape index (κ2) is 7.22. The van der Waals surface area contributed by atoms with Crippen LogP contribution in [0.5, 0.6) is 0 Å². The van der Waals surface area contributed by atoms with Gasteiger partial charge in [0.15, 0.2) is 0 Å². The molecule has 3 nitrogen and oxygen atoms in total. The van der Waals surface area contributed by atoms with Gasteiger partial charge in [-0.3, -0.25) is 4.79 Å². The summed E-state index contributed by atoms with van der Waals surface area (Å²) < 4.78 is 0. The number of carbonyl (C=O) groups excluding carboxylic acids is 1. The van der Waals surface area contributed by atoms with Crippen LogP contribution in [0.3, 0.4) is 0 Å². The van der Waals surface area contributed by atoms with Crippen LogP contribution in [0.1, 0.15) is 39.0 Å². The van der Waals surface area contributed by atoms with E-state index >= 15 is 0 Å². The molecule has 0 aromatic heterocycles. The number of piperidine rings is 1. The number of amides is 1. The molecule has 0 aromatic rings. The van der Waals surface area contributed by atoms with Crippen LogP contribution >= 0.6 is 12.4 Å². The van der Waals surface area contributed by atoms with Gasteiger partial charge in [-0.2, -0.15) is 0 Å². The molecule has 0 radical (unpaired) electrons. The standard InChI is InChI=1S/C13H24N2O.ClH/c1-2-14-10-11-6-8-15(9-7-11)13(16)12-4-3-5-12;/h11-12,14H,2-10H2,1H3;1H. The van der Waals surface area contributed by atoms with Crippen LogP contribution in [-0.2, 0) is 4.79 Å². The zero-order valence-electron chi connectivity index (χ0n) is 10.8. The third kappa shape index (κ3) is 3.85. The molecule has 0 atom stereocenters. The Morgan fingerprint density at radius 3 is 2.35 bits per heavy atom. The van der Waals surface area contributed by atoms with Crippen molar-refractivity contribution in [3.8, 4) is 0 Å². The van der Waals surface area contributed by atoms with Crippen molar-refractivity contribution in [1.82, 2.24) is 10.2 Å². The topological polar surface area (TPSA) is 32.3 Å². The highest BCUT2D eigenvalue weighted by Gasteiger charge is 2.31. The molecule has 2 fully saturated rings. The number of likely N-dealkylation sites (tertiary alicyclic amines) is 1. The molecule has 2 aliphatic rings. The summed E-state index contributed by atoms with van der Waals surface area (Å²) in [5, 5.41) is 3.40. The van der Waals surface area contributed by atoms with Crippen LogP contribution in [-0.4, -0.2) is 37.0 Å². The molecule has 1 heterocycles. The second-order valence-electron chi connectivity index (χ2n) is 5.20. The maximum atomic E-state index is 12.0. The van der Waals surface area contributed by atoms with Gasteiger partial charge in [-0.05, 0) is 44.7 Å². The van der Waals surface area contributed by atoms with Crippen LogP contribution in [0.2, 0.25) is 0 Å². The van der Waals surface area contributed by atoms with Crippen molar-refractivity contribution in [1.29, 1.82) is 0 Å². The van der Waals surface area contributed by atoms with Gasteiger partial charge in [0.2, 0.25) is 5.91 Å². The Hall–Kier alpha value is -0.280. The minimum absolute atomic E-state index is 0. The molecule has 4 heteroatoms. The van der Waals surface area contributed by atoms with E-state index in [1.54, 1.807) is 0 Å². The Labute approximate surface area is 111 Å². The van der Waals surface area contributed by atoms with Gasteiger partial charge >= 0.3 is 0 Å². The first kappa shape index (κ1) is 14.8. The summed E-state index contributed by atoms with van der Waals surface area (Å²) in [4.78, 5) is 14.1. The maximum Gasteiger partial charge on any atom is 0.225 e. The van der Waals surface area contributed by atoms with Crippen LogP contribution in [0.25, 0.3) is 0 Å². The van der Waals surface area contributed by atoms with E-state index in [4.69, 9.17) is 0 Å². The van der Waals surface area contributed by atoms with Gasteiger partial charge in [0, 0.05) is 19.0 Å². The van der Waals surface area contributed by atoms with Gasteiger partial charge in [-0.1, -0.05) is 13.3 Å². The second-order valence-corrected chi connectivity index (χ2v) is 5.20. The zero-order valence-corrected chi connectivity index (χ0v) is 11.6. The lowest BCUT2D eigenvalue weighted by Gasteiger charge is -2.36. The van der Waals surface area contributed by atoms with Crippen LogP contribution in [0.15, 0.2) is 0 Å². The molecule has 1 amide bonds. The van der Waals surface area contributed by atoms with Gasteiger partial charge in [-0.25, -0.2) is 0 Å². The normalized spacial score (nSPS) is 21.8. The van der Waals surface area contributed by atoms with E-state index in [0.29, 0.717) is 11.8 Å². The lowest BCUT2D eigenvalue weighted by molar-refractivity contribution is -0.139. The lowest BCUT2D eigenvalue weighted by atomic mass is 9.83. The smallest absolute Gasteiger partial charge is 0.225 e. The van der Waals surface area contributed by atoms with E-state index in [1.807, 2.05) is 0 Å². The molecule has 1 saturated heterocycles. The van der Waals surface area contributed by atoms with E-state index in [9.17, 15) is 4.79 Å². The van der Waals surface area contributed by atoms with Crippen molar-refractivity contribution >= 4 is 18.3 Å². The fraction of sp³-hybridized carbons (Fsp3) is 0.923. The summed E-state index contributed by atoms with van der Waals surface area (Å²) >= 11 is 0. The minimum atomic E-state index is 0. The van der Waals surface area contributed by atoms with Crippen LogP contribution < -0.4 is 5.32 Å². The first-order valence-electron chi connectivity index (χ1n) is 6.80. The van der Waals surface area contributed by atoms with Gasteiger partial charge in [0.25, 0.3) is 0 Å². The largest absolute Gasteiger partial charge is 0.342 e. The molecule has 0 bridgehead atoms. The van der Waals surface area contributed by atoms with E-state index in [-0.39, 0.29) is 12.4 Å². The van der Waals surface area contributed by atoms with Gasteiger partial charge in [0.05, 0.1) is 0 Å². The average molecular weight is 261 g/mol. The Morgan fingerprint density at radius 2 is 1.88 bits per heavy atom. The molecule has 1 aliphatic carbocycles. The number of hydrogen-bond donors (Lipinski definition) is 1. The van der Waals surface area contributed by atoms with Crippen molar-refractivity contribution in [2.24, 2.45) is 11.8 Å². The Kier molecular flexibility index (Phi) is 6.28. The predicted molar refractivity (Wildman–Crippen MR) is 72.4 cm³/mol. The summed E-state index contributed by atoms with van der Waals surface area (Å²) in [7, 11) is 0. The average Bonchev–Trinajstić information content (AvgIpc) is 2.24. The molecule has 0 spiro atoms. The first-order valence-corrected chi connectivity index (χ1v) is 6.80. The number of nitrogens with zero attached hydrogens (tertiary/aromatic N) is 1. The molecule has 0 unspecified atom stereocenters. The molecule has 17 heavy (non-hydrogen) atoms. The molecule has 0 aromatic carbocycles. The highest BCUT2D eigenvalue weighted by molar-refractivity contribution is 5.85. The minimum Gasteiger partial charge on any atom is -0.342 e. The molecular weight excluding hydrogens is 236 g/mol. The highest BCUT2D eigenvalue weighted by atomic mass is 35.5. The summed E-state index contributed by atoms with van der Waals surface area (Å²) in [6, 6.07) is 0. The number of rotatable bonds is 4. The summed E-state index contributed by atoms with van der Waals surface area (Å²) in [6.07, 6.45) is 5.90. The number of halogens is 1. The van der Waals surface area contributed by atoms with Crippen molar-refractivity contribution in [2.45, 2.75) is 39.0 Å². The third-order valence-electron chi connectivity index (χ3n) is 4.06. The zero-order chi connectivity index (χ0) is 11.4. The third-order valence-corrected chi connectivity index (χ3v) is 4.06. The summed E-state index contributed by atoms with van der Waals surface area (Å²) in [5.41, 5.74) is 0. The fourth-order valence-corrected chi connectivity index (χ4v) is 2.62. The quantitative estimate of drug-likeness (QED) is 0.839. The molecule has 2 rings (SSSR count). The SMILES string of the molecule is CCNCC1CCN(C(=O)C2CCC2)CC1.Cl. The first-order chi connectivity index (χ1) is 7.81. The van der Waals surface area contributed by atoms with E-state index in [2.05, 4.69) is 17.1 Å². The van der Waals surface area contributed by atoms with Crippen LogP contribution in [0.4, 0.5) is 0 Å². The lowest BCUT2D eigenvalue weighted by Crippen LogP contribution is -2.44. The van der Waals surface area contributed by atoms with E-state index in [0.717, 1.165) is 44.9 Å². The Balaban J connectivity index is 0.00000144. The van der Waals surface area contributed by atoms with Crippen molar-refractivity contribution < 1.29 is 4.79 Å². The number of hydrogen-bond acceptors (Lipinski definition) is 2. The van der Waals surface area contributed by atoms with E-state index < -0.39 is 0 Å². The number of nitrogens with one attached hydrogen (secondary N) is 1. The summed E-state index contributed by atoms with van der Waals surface area (Å²) in [6.45, 7) is 6.31. The van der Waals surface area contributed by atoms with Gasteiger partial charge < -0.3 is 10.2 Å². The molecule has 1 saturated carbocycles. The molecular formula is C13H25ClN2O. The molecule has 1 N–H and O–H groups in total. The fourth-order valence-electron chi connectivity index (χ4n) is 2.62. The van der Waals surface area contributed by atoms with Crippen molar-refractivity contribution in [3.05, 3.63) is 0 Å². The van der Waals surface area contributed by atoms with E-state index in [1.165, 1.54) is 19.3 Å². The highest BCUT2D eigenvalue weighted by Crippen LogP contribution is 2.29.